The van der Waals surface area contributed by atoms with Crippen molar-refractivity contribution in [2.75, 3.05) is 20.1 Å². The molecule has 0 saturated carbocycles. The highest BCUT2D eigenvalue weighted by atomic mass is 32.1. The fourth-order valence-corrected chi connectivity index (χ4v) is 4.66. The summed E-state index contributed by atoms with van der Waals surface area (Å²) >= 11 is 1.68. The first-order valence-corrected chi connectivity index (χ1v) is 11.8. The number of nitrogens with zero attached hydrogens (tertiary/aromatic N) is 3. The molecule has 1 aromatic heterocycles. The zero-order valence-corrected chi connectivity index (χ0v) is 19.5. The number of benzene rings is 1. The summed E-state index contributed by atoms with van der Waals surface area (Å²) in [6, 6.07) is 8.55. The summed E-state index contributed by atoms with van der Waals surface area (Å²) in [6.45, 7) is 8.26. The van der Waals surface area contributed by atoms with Crippen LogP contribution in [0.1, 0.15) is 54.4 Å². The molecule has 168 valence electrons. The maximum Gasteiger partial charge on any atom is 0.221 e. The molecule has 1 unspecified atom stereocenters. The summed E-state index contributed by atoms with van der Waals surface area (Å²) in [6.07, 6.45) is 1.93. The Labute approximate surface area is 189 Å². The topological polar surface area (TPSA) is 95.6 Å². The van der Waals surface area contributed by atoms with E-state index in [-0.39, 0.29) is 11.8 Å². The maximum atomic E-state index is 11.5. The third-order valence-electron chi connectivity index (χ3n) is 5.56. The van der Waals surface area contributed by atoms with Crippen molar-refractivity contribution in [1.82, 2.24) is 20.5 Å². The van der Waals surface area contributed by atoms with Crippen molar-refractivity contribution in [2.24, 2.45) is 16.6 Å². The van der Waals surface area contributed by atoms with Gasteiger partial charge in [0.15, 0.2) is 5.96 Å². The van der Waals surface area contributed by atoms with Crippen LogP contribution in [-0.2, 0) is 24.4 Å². The Morgan fingerprint density at radius 2 is 2.10 bits per heavy atom. The SMILES string of the molecule is CN=C(NCc1cccc(CN2CCCC(C(N)=O)C2)c1)NCc1nc(C(C)C)cs1. The molecule has 8 heteroatoms. The number of nitrogens with one attached hydrogen (secondary N) is 2. The van der Waals surface area contributed by atoms with E-state index in [9.17, 15) is 4.79 Å². The Bertz CT molecular complexity index is 894. The monoisotopic (exact) mass is 442 g/mol. The van der Waals surface area contributed by atoms with Gasteiger partial charge in [-0.2, -0.15) is 0 Å². The molecule has 0 bridgehead atoms. The number of piperidine rings is 1. The number of aliphatic imine (C=N–C) groups is 1. The smallest absolute Gasteiger partial charge is 0.221 e. The van der Waals surface area contributed by atoms with Gasteiger partial charge in [-0.05, 0) is 36.4 Å². The number of likely N-dealkylation sites (tertiary alicyclic amines) is 1. The number of carbonyl (C=O) groups excluding carboxylic acids is 1. The first-order valence-electron chi connectivity index (χ1n) is 10.9. The molecule has 0 spiro atoms. The Hall–Kier alpha value is -2.45. The summed E-state index contributed by atoms with van der Waals surface area (Å²) in [7, 11) is 1.78. The summed E-state index contributed by atoms with van der Waals surface area (Å²) < 4.78 is 0. The molecule has 3 rings (SSSR count). The van der Waals surface area contributed by atoms with Crippen LogP contribution in [0.15, 0.2) is 34.6 Å². The van der Waals surface area contributed by atoms with E-state index in [1.165, 1.54) is 11.1 Å². The van der Waals surface area contributed by atoms with Crippen LogP contribution in [0.3, 0.4) is 0 Å². The third-order valence-corrected chi connectivity index (χ3v) is 6.42. The summed E-state index contributed by atoms with van der Waals surface area (Å²) in [5, 5.41) is 9.90. The van der Waals surface area contributed by atoms with Gasteiger partial charge in [-0.25, -0.2) is 4.98 Å². The lowest BCUT2D eigenvalue weighted by Crippen LogP contribution is -2.40. The molecule has 1 fully saturated rings. The lowest BCUT2D eigenvalue weighted by molar-refractivity contribution is -0.123. The quantitative estimate of drug-likeness (QED) is 0.432. The molecule has 7 nitrogen and oxygen atoms in total. The van der Waals surface area contributed by atoms with E-state index in [0.29, 0.717) is 19.0 Å². The van der Waals surface area contributed by atoms with Crippen LogP contribution in [0.25, 0.3) is 0 Å². The minimum absolute atomic E-state index is 0.0255. The number of primary amides is 1. The number of aromatic nitrogens is 1. The van der Waals surface area contributed by atoms with Gasteiger partial charge in [0.1, 0.15) is 5.01 Å². The number of amides is 1. The van der Waals surface area contributed by atoms with Crippen LogP contribution >= 0.6 is 11.3 Å². The number of guanidine groups is 1. The molecule has 1 amide bonds. The van der Waals surface area contributed by atoms with Crippen LogP contribution in [0.4, 0.5) is 0 Å². The maximum absolute atomic E-state index is 11.5. The highest BCUT2D eigenvalue weighted by Crippen LogP contribution is 2.19. The van der Waals surface area contributed by atoms with Crippen molar-refractivity contribution < 1.29 is 4.79 Å². The van der Waals surface area contributed by atoms with Crippen molar-refractivity contribution in [3.8, 4) is 0 Å². The van der Waals surface area contributed by atoms with Gasteiger partial charge < -0.3 is 16.4 Å². The van der Waals surface area contributed by atoms with Crippen LogP contribution < -0.4 is 16.4 Å². The Morgan fingerprint density at radius 3 is 2.81 bits per heavy atom. The van der Waals surface area contributed by atoms with Crippen LogP contribution in [0, 0.1) is 5.92 Å². The molecule has 2 heterocycles. The molecule has 2 aromatic rings. The number of nitrogens with two attached hydrogens (primary N) is 1. The minimum Gasteiger partial charge on any atom is -0.369 e. The second kappa shape index (κ2) is 11.2. The first-order chi connectivity index (χ1) is 14.9. The molecule has 4 N–H and O–H groups in total. The van der Waals surface area contributed by atoms with Crippen molar-refractivity contribution >= 4 is 23.2 Å². The van der Waals surface area contributed by atoms with E-state index < -0.39 is 0 Å². The van der Waals surface area contributed by atoms with Crippen molar-refractivity contribution in [3.63, 3.8) is 0 Å². The van der Waals surface area contributed by atoms with Gasteiger partial charge in [0.2, 0.25) is 5.91 Å². The molecule has 1 aliphatic rings. The number of hydrogen-bond donors (Lipinski definition) is 3. The molecular formula is C23H34N6OS. The van der Waals surface area contributed by atoms with Crippen molar-refractivity contribution in [3.05, 3.63) is 51.5 Å². The predicted octanol–water partition coefficient (Wildman–Crippen LogP) is 2.83. The molecule has 31 heavy (non-hydrogen) atoms. The summed E-state index contributed by atoms with van der Waals surface area (Å²) in [5.41, 5.74) is 9.09. The molecule has 1 saturated heterocycles. The van der Waals surface area contributed by atoms with E-state index in [1.54, 1.807) is 18.4 Å². The second-order valence-corrected chi connectivity index (χ2v) is 9.34. The molecule has 1 aromatic carbocycles. The zero-order valence-electron chi connectivity index (χ0n) is 18.7. The van der Waals surface area contributed by atoms with Crippen LogP contribution in [0.2, 0.25) is 0 Å². The highest BCUT2D eigenvalue weighted by molar-refractivity contribution is 7.09. The van der Waals surface area contributed by atoms with Gasteiger partial charge >= 0.3 is 0 Å². The summed E-state index contributed by atoms with van der Waals surface area (Å²) in [4.78, 5) is 22.8. The average molecular weight is 443 g/mol. The number of carbonyl (C=O) groups is 1. The fraction of sp³-hybridized carbons (Fsp3) is 0.522. The van der Waals surface area contributed by atoms with E-state index in [4.69, 9.17) is 5.73 Å². The zero-order chi connectivity index (χ0) is 22.2. The largest absolute Gasteiger partial charge is 0.369 e. The predicted molar refractivity (Wildman–Crippen MR) is 127 cm³/mol. The Kier molecular flexibility index (Phi) is 8.43. The number of thiazole rings is 1. The number of rotatable bonds is 8. The van der Waals surface area contributed by atoms with Gasteiger partial charge in [0, 0.05) is 32.1 Å². The number of hydrogen-bond acceptors (Lipinski definition) is 5. The lowest BCUT2D eigenvalue weighted by atomic mass is 9.97. The normalized spacial score (nSPS) is 17.7. The minimum atomic E-state index is -0.181. The van der Waals surface area contributed by atoms with Gasteiger partial charge in [-0.1, -0.05) is 38.1 Å². The first kappa shape index (κ1) is 23.2. The van der Waals surface area contributed by atoms with Gasteiger partial charge in [0.25, 0.3) is 0 Å². The molecule has 1 aliphatic heterocycles. The van der Waals surface area contributed by atoms with E-state index in [0.717, 1.165) is 49.1 Å². The van der Waals surface area contributed by atoms with Crippen molar-refractivity contribution in [2.45, 2.75) is 52.2 Å². The van der Waals surface area contributed by atoms with Gasteiger partial charge in [-0.3, -0.25) is 14.7 Å². The van der Waals surface area contributed by atoms with Crippen LogP contribution in [-0.4, -0.2) is 41.9 Å². The molecule has 1 atom stereocenters. The lowest BCUT2D eigenvalue weighted by Gasteiger charge is -2.31. The van der Waals surface area contributed by atoms with E-state index in [2.05, 4.69) is 69.0 Å². The molecule has 0 aliphatic carbocycles. The fourth-order valence-electron chi connectivity index (χ4n) is 3.76. The Balaban J connectivity index is 1.49. The summed E-state index contributed by atoms with van der Waals surface area (Å²) in [5.74, 6) is 0.996. The molecule has 0 radical (unpaired) electrons. The highest BCUT2D eigenvalue weighted by Gasteiger charge is 2.23. The Morgan fingerprint density at radius 1 is 1.32 bits per heavy atom. The van der Waals surface area contributed by atoms with Gasteiger partial charge in [0.05, 0.1) is 18.2 Å². The van der Waals surface area contributed by atoms with Crippen molar-refractivity contribution in [1.29, 1.82) is 0 Å². The molecular weight excluding hydrogens is 408 g/mol. The second-order valence-electron chi connectivity index (χ2n) is 8.40. The van der Waals surface area contributed by atoms with E-state index in [1.807, 2.05) is 0 Å². The standard InChI is InChI=1S/C23H34N6OS/c1-16(2)20-15-31-21(28-20)12-27-23(25-3)26-11-17-6-4-7-18(10-17)13-29-9-5-8-19(14-29)22(24)30/h4,6-7,10,15-16,19H,5,8-9,11-14H2,1-3H3,(H2,24,30)(H2,25,26,27). The average Bonchev–Trinajstić information content (AvgIpc) is 3.24. The van der Waals surface area contributed by atoms with Crippen LogP contribution in [0.5, 0.6) is 0 Å². The van der Waals surface area contributed by atoms with Gasteiger partial charge in [-0.15, -0.1) is 11.3 Å². The van der Waals surface area contributed by atoms with E-state index >= 15 is 0 Å². The third kappa shape index (κ3) is 7.04.